The van der Waals surface area contributed by atoms with Crippen molar-refractivity contribution in [2.24, 2.45) is 0 Å². The monoisotopic (exact) mass is 234 g/mol. The summed E-state index contributed by atoms with van der Waals surface area (Å²) in [5, 5.41) is 0. The van der Waals surface area contributed by atoms with Crippen LogP contribution in [0.1, 0.15) is 51.9 Å². The lowest BCUT2D eigenvalue weighted by atomic mass is 10.1. The summed E-state index contributed by atoms with van der Waals surface area (Å²) in [5.41, 5.74) is 0. The molecular weight excluding hydrogens is 212 g/mol. The predicted octanol–water partition coefficient (Wildman–Crippen LogP) is 3.18. The van der Waals surface area contributed by atoms with Gasteiger partial charge in [-0.05, 0) is 19.3 Å². The molecule has 0 saturated heterocycles. The van der Waals surface area contributed by atoms with E-state index in [-0.39, 0.29) is 5.75 Å². The highest BCUT2D eigenvalue weighted by molar-refractivity contribution is 7.85. The average Bonchev–Trinajstić information content (AvgIpc) is 2.14. The van der Waals surface area contributed by atoms with Crippen molar-refractivity contribution in [3.05, 3.63) is 12.2 Å². The predicted molar refractivity (Wildman–Crippen MR) is 63.5 cm³/mol. The smallest absolute Gasteiger partial charge is 0.265 e. The fraction of sp³-hybridized carbons (Fsp3) is 0.818. The normalized spacial score (nSPS) is 12.4. The lowest BCUT2D eigenvalue weighted by Gasteiger charge is -1.96. The molecule has 4 heteroatoms. The van der Waals surface area contributed by atoms with Crippen LogP contribution in [0.4, 0.5) is 0 Å². The summed E-state index contributed by atoms with van der Waals surface area (Å²) in [4.78, 5) is 0. The van der Waals surface area contributed by atoms with E-state index in [1.54, 1.807) is 0 Å². The quantitative estimate of drug-likeness (QED) is 0.379. The van der Waals surface area contributed by atoms with Gasteiger partial charge in [0.25, 0.3) is 10.1 Å². The number of unbranched alkanes of at least 4 members (excludes halogenated alkanes) is 5. The molecule has 90 valence electrons. The van der Waals surface area contributed by atoms with Gasteiger partial charge in [-0.1, -0.05) is 44.8 Å². The number of hydrogen-bond donors (Lipinski definition) is 1. The van der Waals surface area contributed by atoms with Crippen LogP contribution in [0.2, 0.25) is 0 Å². The van der Waals surface area contributed by atoms with Crippen molar-refractivity contribution < 1.29 is 13.0 Å². The molecule has 0 radical (unpaired) electrons. The van der Waals surface area contributed by atoms with Gasteiger partial charge in [0.2, 0.25) is 0 Å². The van der Waals surface area contributed by atoms with Crippen molar-refractivity contribution in [2.45, 2.75) is 51.9 Å². The van der Waals surface area contributed by atoms with Crippen molar-refractivity contribution in [3.63, 3.8) is 0 Å². The molecule has 0 atom stereocenters. The van der Waals surface area contributed by atoms with Gasteiger partial charge in [-0.25, -0.2) is 0 Å². The second-order valence-electron chi connectivity index (χ2n) is 3.75. The molecule has 3 nitrogen and oxygen atoms in total. The number of allylic oxidation sites excluding steroid dienone is 2. The van der Waals surface area contributed by atoms with E-state index in [0.29, 0.717) is 6.42 Å². The summed E-state index contributed by atoms with van der Waals surface area (Å²) in [6.07, 6.45) is 11.5. The van der Waals surface area contributed by atoms with Crippen LogP contribution in [0.5, 0.6) is 0 Å². The Morgan fingerprint density at radius 1 is 1.00 bits per heavy atom. The van der Waals surface area contributed by atoms with E-state index in [1.807, 2.05) is 12.2 Å². The highest BCUT2D eigenvalue weighted by Gasteiger charge is 2.00. The topological polar surface area (TPSA) is 54.4 Å². The van der Waals surface area contributed by atoms with E-state index >= 15 is 0 Å². The Hall–Kier alpha value is -0.350. The minimum atomic E-state index is -3.78. The Balaban J connectivity index is 3.25. The van der Waals surface area contributed by atoms with E-state index in [0.717, 1.165) is 6.42 Å². The van der Waals surface area contributed by atoms with E-state index in [9.17, 15) is 8.42 Å². The largest absolute Gasteiger partial charge is 0.286 e. The van der Waals surface area contributed by atoms with Crippen molar-refractivity contribution in [2.75, 3.05) is 5.75 Å². The summed E-state index contributed by atoms with van der Waals surface area (Å²) >= 11 is 0. The first kappa shape index (κ1) is 14.6. The van der Waals surface area contributed by atoms with E-state index in [4.69, 9.17) is 4.55 Å². The van der Waals surface area contributed by atoms with Gasteiger partial charge in [0.15, 0.2) is 0 Å². The second kappa shape index (κ2) is 8.92. The molecule has 0 aliphatic carbocycles. The second-order valence-corrected chi connectivity index (χ2v) is 5.32. The molecule has 0 aliphatic heterocycles. The van der Waals surface area contributed by atoms with Gasteiger partial charge in [0.05, 0.1) is 5.75 Å². The van der Waals surface area contributed by atoms with Gasteiger partial charge in [-0.15, -0.1) is 0 Å². The molecule has 0 heterocycles. The maximum Gasteiger partial charge on any atom is 0.265 e. The van der Waals surface area contributed by atoms with Crippen molar-refractivity contribution >= 4 is 10.1 Å². The van der Waals surface area contributed by atoms with Crippen molar-refractivity contribution in [1.29, 1.82) is 0 Å². The Morgan fingerprint density at radius 3 is 2.20 bits per heavy atom. The summed E-state index contributed by atoms with van der Waals surface area (Å²) < 4.78 is 29.2. The SMILES string of the molecule is CCCCCCCC=CCCS(=O)(=O)O. The highest BCUT2D eigenvalue weighted by atomic mass is 32.2. The summed E-state index contributed by atoms with van der Waals surface area (Å²) in [5.74, 6) is -0.167. The lowest BCUT2D eigenvalue weighted by Crippen LogP contribution is -2.01. The third-order valence-corrected chi connectivity index (χ3v) is 2.94. The minimum Gasteiger partial charge on any atom is -0.286 e. The van der Waals surface area contributed by atoms with Crippen LogP contribution >= 0.6 is 0 Å². The summed E-state index contributed by atoms with van der Waals surface area (Å²) in [6, 6.07) is 0. The molecule has 0 amide bonds. The molecule has 0 rings (SSSR count). The Kier molecular flexibility index (Phi) is 8.71. The third kappa shape index (κ3) is 13.7. The summed E-state index contributed by atoms with van der Waals surface area (Å²) in [6.45, 7) is 2.19. The molecular formula is C11H22O3S. The van der Waals surface area contributed by atoms with Crippen LogP contribution in [0, 0.1) is 0 Å². The molecule has 0 aromatic carbocycles. The lowest BCUT2D eigenvalue weighted by molar-refractivity contribution is 0.483. The minimum absolute atomic E-state index is 0.167. The van der Waals surface area contributed by atoms with E-state index in [2.05, 4.69) is 6.92 Å². The van der Waals surface area contributed by atoms with Crippen LogP contribution < -0.4 is 0 Å². The van der Waals surface area contributed by atoms with E-state index in [1.165, 1.54) is 32.1 Å². The first-order chi connectivity index (χ1) is 7.06. The molecule has 15 heavy (non-hydrogen) atoms. The molecule has 0 spiro atoms. The van der Waals surface area contributed by atoms with Gasteiger partial charge in [-0.3, -0.25) is 4.55 Å². The van der Waals surface area contributed by atoms with Gasteiger partial charge in [-0.2, -0.15) is 8.42 Å². The Labute approximate surface area is 93.3 Å². The van der Waals surface area contributed by atoms with E-state index < -0.39 is 10.1 Å². The van der Waals surface area contributed by atoms with Crippen LogP contribution in [0.25, 0.3) is 0 Å². The molecule has 0 fully saturated rings. The average molecular weight is 234 g/mol. The molecule has 0 aliphatic rings. The number of hydrogen-bond acceptors (Lipinski definition) is 2. The fourth-order valence-corrected chi connectivity index (χ4v) is 1.75. The van der Waals surface area contributed by atoms with Gasteiger partial charge < -0.3 is 0 Å². The fourth-order valence-electron chi connectivity index (χ4n) is 1.32. The molecule has 1 N–H and O–H groups in total. The highest BCUT2D eigenvalue weighted by Crippen LogP contribution is 2.05. The Bertz CT molecular complexity index is 255. The van der Waals surface area contributed by atoms with Crippen LogP contribution in [-0.2, 0) is 10.1 Å². The first-order valence-electron chi connectivity index (χ1n) is 5.66. The van der Waals surface area contributed by atoms with Crippen LogP contribution in [0.15, 0.2) is 12.2 Å². The standard InChI is InChI=1S/C11H22O3S/c1-2-3-4-5-6-7-8-9-10-11-15(12,13)14/h8-9H,2-7,10-11H2,1H3,(H,12,13,14). The zero-order valence-corrected chi connectivity index (χ0v) is 10.3. The van der Waals surface area contributed by atoms with Gasteiger partial charge >= 0.3 is 0 Å². The first-order valence-corrected chi connectivity index (χ1v) is 7.27. The zero-order chi connectivity index (χ0) is 11.6. The molecule has 0 bridgehead atoms. The van der Waals surface area contributed by atoms with Crippen molar-refractivity contribution in [3.8, 4) is 0 Å². The summed E-state index contributed by atoms with van der Waals surface area (Å²) in [7, 11) is -3.78. The van der Waals surface area contributed by atoms with Crippen molar-refractivity contribution in [1.82, 2.24) is 0 Å². The molecule has 0 saturated carbocycles. The third-order valence-electron chi connectivity index (χ3n) is 2.18. The maximum atomic E-state index is 10.4. The van der Waals surface area contributed by atoms with Crippen LogP contribution in [-0.4, -0.2) is 18.7 Å². The maximum absolute atomic E-state index is 10.4. The molecule has 0 aromatic heterocycles. The molecule has 0 unspecified atom stereocenters. The van der Waals surface area contributed by atoms with Gasteiger partial charge in [0.1, 0.15) is 0 Å². The number of rotatable bonds is 9. The van der Waals surface area contributed by atoms with Crippen LogP contribution in [0.3, 0.4) is 0 Å². The molecule has 0 aromatic rings. The Morgan fingerprint density at radius 2 is 1.60 bits per heavy atom. The zero-order valence-electron chi connectivity index (χ0n) is 9.48. The van der Waals surface area contributed by atoms with Gasteiger partial charge in [0, 0.05) is 0 Å².